The van der Waals surface area contributed by atoms with E-state index in [4.69, 9.17) is 5.11 Å². The lowest BCUT2D eigenvalue weighted by Crippen LogP contribution is -2.15. The van der Waals surface area contributed by atoms with Gasteiger partial charge in [-0.1, -0.05) is 6.92 Å². The highest BCUT2D eigenvalue weighted by molar-refractivity contribution is 9.10. The number of hydrogen-bond donors (Lipinski definition) is 2. The second-order valence-electron chi connectivity index (χ2n) is 2.89. The van der Waals surface area contributed by atoms with Gasteiger partial charge < -0.3 is 10.4 Å². The Hall–Kier alpha value is -0.680. The molecule has 0 saturated carbocycles. The highest BCUT2D eigenvalue weighted by Gasteiger charge is 2.00. The first kappa shape index (κ1) is 10.4. The molecule has 4 nitrogen and oxygen atoms in total. The molecule has 5 heteroatoms. The number of aliphatic hydroxyl groups is 1. The first-order chi connectivity index (χ1) is 6.22. The Morgan fingerprint density at radius 1 is 1.54 bits per heavy atom. The lowest BCUT2D eigenvalue weighted by molar-refractivity contribution is 0.244. The molecule has 0 aliphatic carbocycles. The summed E-state index contributed by atoms with van der Waals surface area (Å²) in [6.07, 6.45) is 3.36. The molecule has 0 spiro atoms. The minimum atomic E-state index is 0.170. The van der Waals surface area contributed by atoms with Crippen molar-refractivity contribution >= 4 is 21.9 Å². The molecule has 13 heavy (non-hydrogen) atoms. The standard InChI is InChI=1S/C8H12BrN3O/c1-6(5-13)2-10-8-11-3-7(9)4-12-8/h3-4,6,13H,2,5H2,1H3,(H,10,11,12). The normalized spacial score (nSPS) is 12.5. The van der Waals surface area contributed by atoms with E-state index >= 15 is 0 Å². The fraction of sp³-hybridized carbons (Fsp3) is 0.500. The van der Waals surface area contributed by atoms with Gasteiger partial charge in [0.05, 0.1) is 4.47 Å². The predicted molar refractivity (Wildman–Crippen MR) is 54.5 cm³/mol. The van der Waals surface area contributed by atoms with Crippen LogP contribution in [0.2, 0.25) is 0 Å². The summed E-state index contributed by atoms with van der Waals surface area (Å²) >= 11 is 3.25. The molecular formula is C8H12BrN3O. The zero-order valence-corrected chi connectivity index (χ0v) is 8.95. The summed E-state index contributed by atoms with van der Waals surface area (Å²) in [5, 5.41) is 11.8. The van der Waals surface area contributed by atoms with E-state index in [-0.39, 0.29) is 12.5 Å². The van der Waals surface area contributed by atoms with Gasteiger partial charge in [0, 0.05) is 25.5 Å². The van der Waals surface area contributed by atoms with Crippen LogP contribution in [-0.2, 0) is 0 Å². The Kier molecular flexibility index (Phi) is 4.11. The van der Waals surface area contributed by atoms with Gasteiger partial charge in [-0.3, -0.25) is 0 Å². The summed E-state index contributed by atoms with van der Waals surface area (Å²) in [7, 11) is 0. The Labute approximate surface area is 85.5 Å². The van der Waals surface area contributed by atoms with Crippen molar-refractivity contribution in [2.75, 3.05) is 18.5 Å². The van der Waals surface area contributed by atoms with E-state index in [9.17, 15) is 0 Å². The van der Waals surface area contributed by atoms with Crippen molar-refractivity contribution in [3.05, 3.63) is 16.9 Å². The quantitative estimate of drug-likeness (QED) is 0.840. The molecule has 0 aliphatic heterocycles. The van der Waals surface area contributed by atoms with Gasteiger partial charge in [-0.2, -0.15) is 0 Å². The largest absolute Gasteiger partial charge is 0.396 e. The number of anilines is 1. The third-order valence-electron chi connectivity index (χ3n) is 1.54. The average molecular weight is 246 g/mol. The number of nitrogens with one attached hydrogen (secondary N) is 1. The van der Waals surface area contributed by atoms with Gasteiger partial charge in [0.25, 0.3) is 0 Å². The van der Waals surface area contributed by atoms with Crippen molar-refractivity contribution < 1.29 is 5.11 Å². The van der Waals surface area contributed by atoms with Crippen LogP contribution in [0.3, 0.4) is 0 Å². The molecule has 1 rings (SSSR count). The highest BCUT2D eigenvalue weighted by atomic mass is 79.9. The van der Waals surface area contributed by atoms with Crippen LogP contribution in [0.1, 0.15) is 6.92 Å². The average Bonchev–Trinajstić information content (AvgIpc) is 2.16. The zero-order chi connectivity index (χ0) is 9.68. The second kappa shape index (κ2) is 5.14. The van der Waals surface area contributed by atoms with E-state index in [0.717, 1.165) is 4.47 Å². The minimum Gasteiger partial charge on any atom is -0.396 e. The highest BCUT2D eigenvalue weighted by Crippen LogP contribution is 2.06. The van der Waals surface area contributed by atoms with Crippen LogP contribution in [0.25, 0.3) is 0 Å². The molecule has 2 N–H and O–H groups in total. The molecule has 0 fully saturated rings. The molecule has 0 aromatic carbocycles. The van der Waals surface area contributed by atoms with Gasteiger partial charge >= 0.3 is 0 Å². The van der Waals surface area contributed by atoms with Crippen molar-refractivity contribution in [1.82, 2.24) is 9.97 Å². The molecule has 0 bridgehead atoms. The van der Waals surface area contributed by atoms with E-state index in [1.54, 1.807) is 12.4 Å². The molecular weight excluding hydrogens is 234 g/mol. The van der Waals surface area contributed by atoms with Crippen LogP contribution >= 0.6 is 15.9 Å². The summed E-state index contributed by atoms with van der Waals surface area (Å²) in [6, 6.07) is 0. The van der Waals surface area contributed by atoms with Crippen molar-refractivity contribution in [3.8, 4) is 0 Å². The van der Waals surface area contributed by atoms with Crippen LogP contribution in [0.15, 0.2) is 16.9 Å². The Balaban J connectivity index is 2.41. The Morgan fingerprint density at radius 3 is 2.69 bits per heavy atom. The van der Waals surface area contributed by atoms with Gasteiger partial charge in [0.2, 0.25) is 5.95 Å². The molecule has 0 amide bonds. The molecule has 72 valence electrons. The third-order valence-corrected chi connectivity index (χ3v) is 1.95. The molecule has 0 radical (unpaired) electrons. The van der Waals surface area contributed by atoms with Gasteiger partial charge in [0.15, 0.2) is 0 Å². The van der Waals surface area contributed by atoms with Gasteiger partial charge in [-0.15, -0.1) is 0 Å². The van der Waals surface area contributed by atoms with E-state index in [1.165, 1.54) is 0 Å². The van der Waals surface area contributed by atoms with E-state index in [0.29, 0.717) is 12.5 Å². The number of aliphatic hydroxyl groups excluding tert-OH is 1. The summed E-state index contributed by atoms with van der Waals surface area (Å²) in [4.78, 5) is 8.07. The van der Waals surface area contributed by atoms with Crippen molar-refractivity contribution in [1.29, 1.82) is 0 Å². The molecule has 1 heterocycles. The lowest BCUT2D eigenvalue weighted by Gasteiger charge is -2.08. The monoisotopic (exact) mass is 245 g/mol. The zero-order valence-electron chi connectivity index (χ0n) is 7.37. The molecule has 1 atom stereocenters. The maximum absolute atomic E-state index is 8.77. The summed E-state index contributed by atoms with van der Waals surface area (Å²) in [6.45, 7) is 2.80. The molecule has 1 unspecified atom stereocenters. The summed E-state index contributed by atoms with van der Waals surface area (Å²) in [5.41, 5.74) is 0. The summed E-state index contributed by atoms with van der Waals surface area (Å²) in [5.74, 6) is 0.802. The summed E-state index contributed by atoms with van der Waals surface area (Å²) < 4.78 is 0.855. The van der Waals surface area contributed by atoms with E-state index < -0.39 is 0 Å². The number of rotatable bonds is 4. The van der Waals surface area contributed by atoms with Crippen molar-refractivity contribution in [3.63, 3.8) is 0 Å². The van der Waals surface area contributed by atoms with Crippen molar-refractivity contribution in [2.45, 2.75) is 6.92 Å². The van der Waals surface area contributed by atoms with Crippen LogP contribution in [0, 0.1) is 5.92 Å². The third kappa shape index (κ3) is 3.69. The van der Waals surface area contributed by atoms with Crippen LogP contribution in [0.5, 0.6) is 0 Å². The lowest BCUT2D eigenvalue weighted by atomic mass is 10.2. The SMILES string of the molecule is CC(CO)CNc1ncc(Br)cn1. The topological polar surface area (TPSA) is 58.0 Å². The fourth-order valence-electron chi connectivity index (χ4n) is 0.734. The number of nitrogens with zero attached hydrogens (tertiary/aromatic N) is 2. The van der Waals surface area contributed by atoms with Gasteiger partial charge in [-0.05, 0) is 21.8 Å². The minimum absolute atomic E-state index is 0.170. The molecule has 0 saturated heterocycles. The van der Waals surface area contributed by atoms with Crippen LogP contribution in [-0.4, -0.2) is 28.2 Å². The first-order valence-electron chi connectivity index (χ1n) is 4.04. The number of aromatic nitrogens is 2. The Morgan fingerprint density at radius 2 is 2.15 bits per heavy atom. The molecule has 1 aromatic rings. The predicted octanol–water partition coefficient (Wildman–Crippen LogP) is 1.28. The Bertz CT molecular complexity index is 252. The van der Waals surface area contributed by atoms with Crippen LogP contribution < -0.4 is 5.32 Å². The molecule has 1 aromatic heterocycles. The smallest absolute Gasteiger partial charge is 0.222 e. The van der Waals surface area contributed by atoms with Gasteiger partial charge in [0.1, 0.15) is 0 Å². The molecule has 0 aliphatic rings. The van der Waals surface area contributed by atoms with E-state index in [1.807, 2.05) is 6.92 Å². The number of hydrogen-bond acceptors (Lipinski definition) is 4. The van der Waals surface area contributed by atoms with Crippen molar-refractivity contribution in [2.24, 2.45) is 5.92 Å². The maximum atomic E-state index is 8.77. The first-order valence-corrected chi connectivity index (χ1v) is 4.84. The number of halogens is 1. The van der Waals surface area contributed by atoms with Gasteiger partial charge in [-0.25, -0.2) is 9.97 Å². The second-order valence-corrected chi connectivity index (χ2v) is 3.81. The fourth-order valence-corrected chi connectivity index (χ4v) is 0.938. The maximum Gasteiger partial charge on any atom is 0.222 e. The van der Waals surface area contributed by atoms with E-state index in [2.05, 4.69) is 31.2 Å². The van der Waals surface area contributed by atoms with Crippen LogP contribution in [0.4, 0.5) is 5.95 Å².